The lowest BCUT2D eigenvalue weighted by atomic mass is 9.97. The topological polar surface area (TPSA) is 55.1 Å². The smallest absolute Gasteiger partial charge is 0.274 e. The van der Waals surface area contributed by atoms with Gasteiger partial charge in [-0.2, -0.15) is 0 Å². The SMILES string of the molecule is Cc1ccc(C(NC(=O)c2cc(C)on2)c2ccccc2)cc1. The fraction of sp³-hybridized carbons (Fsp3) is 0.158. The van der Waals surface area contributed by atoms with E-state index < -0.39 is 0 Å². The number of aromatic nitrogens is 1. The van der Waals surface area contributed by atoms with Crippen molar-refractivity contribution in [1.82, 2.24) is 10.5 Å². The maximum atomic E-state index is 12.4. The molecule has 4 heteroatoms. The van der Waals surface area contributed by atoms with Crippen molar-refractivity contribution < 1.29 is 9.32 Å². The van der Waals surface area contributed by atoms with E-state index in [9.17, 15) is 4.79 Å². The highest BCUT2D eigenvalue weighted by Gasteiger charge is 2.19. The van der Waals surface area contributed by atoms with E-state index in [1.807, 2.05) is 61.5 Å². The number of nitrogens with one attached hydrogen (secondary N) is 1. The molecular formula is C19H18N2O2. The number of rotatable bonds is 4. The minimum absolute atomic E-state index is 0.235. The monoisotopic (exact) mass is 306 g/mol. The molecule has 0 fully saturated rings. The van der Waals surface area contributed by atoms with Crippen molar-refractivity contribution >= 4 is 5.91 Å². The van der Waals surface area contributed by atoms with E-state index >= 15 is 0 Å². The van der Waals surface area contributed by atoms with Crippen molar-refractivity contribution in [1.29, 1.82) is 0 Å². The summed E-state index contributed by atoms with van der Waals surface area (Å²) in [7, 11) is 0. The van der Waals surface area contributed by atoms with E-state index in [4.69, 9.17) is 4.52 Å². The molecular weight excluding hydrogens is 288 g/mol. The van der Waals surface area contributed by atoms with Crippen LogP contribution in [-0.4, -0.2) is 11.1 Å². The van der Waals surface area contributed by atoms with Crippen molar-refractivity contribution in [3.8, 4) is 0 Å². The first-order chi connectivity index (χ1) is 11.1. The van der Waals surface area contributed by atoms with Gasteiger partial charge in [0, 0.05) is 6.07 Å². The Morgan fingerprint density at radius 2 is 1.65 bits per heavy atom. The molecule has 0 aliphatic carbocycles. The zero-order valence-electron chi connectivity index (χ0n) is 13.1. The molecule has 0 radical (unpaired) electrons. The summed E-state index contributed by atoms with van der Waals surface area (Å²) in [6.07, 6.45) is 0. The Hall–Kier alpha value is -2.88. The number of aryl methyl sites for hydroxylation is 2. The van der Waals surface area contributed by atoms with Gasteiger partial charge in [-0.25, -0.2) is 0 Å². The third-order valence-electron chi connectivity index (χ3n) is 3.68. The lowest BCUT2D eigenvalue weighted by Gasteiger charge is -2.19. The Balaban J connectivity index is 1.92. The minimum Gasteiger partial charge on any atom is -0.361 e. The van der Waals surface area contributed by atoms with Crippen LogP contribution in [0.5, 0.6) is 0 Å². The van der Waals surface area contributed by atoms with E-state index in [1.54, 1.807) is 13.0 Å². The van der Waals surface area contributed by atoms with Gasteiger partial charge in [-0.05, 0) is 25.0 Å². The summed E-state index contributed by atoms with van der Waals surface area (Å²) in [6, 6.07) is 19.4. The largest absolute Gasteiger partial charge is 0.361 e. The van der Waals surface area contributed by atoms with E-state index in [0.717, 1.165) is 11.1 Å². The number of benzene rings is 2. The maximum Gasteiger partial charge on any atom is 0.274 e. The molecule has 116 valence electrons. The van der Waals surface area contributed by atoms with Crippen molar-refractivity contribution in [3.63, 3.8) is 0 Å². The van der Waals surface area contributed by atoms with Crippen LogP contribution in [0.25, 0.3) is 0 Å². The van der Waals surface area contributed by atoms with Gasteiger partial charge in [0.25, 0.3) is 5.91 Å². The molecule has 0 saturated heterocycles. The van der Waals surface area contributed by atoms with Crippen molar-refractivity contribution in [2.24, 2.45) is 0 Å². The Kier molecular flexibility index (Phi) is 4.24. The van der Waals surface area contributed by atoms with E-state index in [1.165, 1.54) is 5.56 Å². The number of amides is 1. The average Bonchev–Trinajstić information content (AvgIpc) is 3.01. The first-order valence-electron chi connectivity index (χ1n) is 7.49. The van der Waals surface area contributed by atoms with Crippen LogP contribution in [0.15, 0.2) is 65.2 Å². The summed E-state index contributed by atoms with van der Waals surface area (Å²) in [4.78, 5) is 12.4. The van der Waals surface area contributed by atoms with E-state index in [0.29, 0.717) is 5.76 Å². The molecule has 0 spiro atoms. The standard InChI is InChI=1S/C19H18N2O2/c1-13-8-10-16(11-9-13)18(15-6-4-3-5-7-15)20-19(22)17-12-14(2)23-21-17/h3-12,18H,1-2H3,(H,20,22). The third-order valence-corrected chi connectivity index (χ3v) is 3.68. The molecule has 1 aromatic heterocycles. The Bertz CT molecular complexity index is 792. The van der Waals surface area contributed by atoms with Gasteiger partial charge in [-0.15, -0.1) is 0 Å². The molecule has 3 rings (SSSR count). The molecule has 2 aromatic carbocycles. The van der Waals surface area contributed by atoms with Gasteiger partial charge in [0.1, 0.15) is 5.76 Å². The fourth-order valence-electron chi connectivity index (χ4n) is 2.44. The zero-order valence-corrected chi connectivity index (χ0v) is 13.1. The number of hydrogen-bond donors (Lipinski definition) is 1. The second-order valence-corrected chi connectivity index (χ2v) is 5.55. The molecule has 1 amide bonds. The summed E-state index contributed by atoms with van der Waals surface area (Å²) in [5, 5.41) is 6.82. The molecule has 0 aliphatic heterocycles. The van der Waals surface area contributed by atoms with Crippen LogP contribution in [0.4, 0.5) is 0 Å². The zero-order chi connectivity index (χ0) is 16.2. The maximum absolute atomic E-state index is 12.4. The van der Waals surface area contributed by atoms with Crippen LogP contribution in [0, 0.1) is 13.8 Å². The van der Waals surface area contributed by atoms with Crippen LogP contribution in [0.3, 0.4) is 0 Å². The van der Waals surface area contributed by atoms with Gasteiger partial charge < -0.3 is 9.84 Å². The van der Waals surface area contributed by atoms with Crippen LogP contribution in [0.2, 0.25) is 0 Å². The molecule has 23 heavy (non-hydrogen) atoms. The van der Waals surface area contributed by atoms with Crippen LogP contribution in [-0.2, 0) is 0 Å². The summed E-state index contributed by atoms with van der Waals surface area (Å²) in [5.41, 5.74) is 3.51. The van der Waals surface area contributed by atoms with E-state index in [-0.39, 0.29) is 17.6 Å². The highest BCUT2D eigenvalue weighted by atomic mass is 16.5. The van der Waals surface area contributed by atoms with Gasteiger partial charge in [0.2, 0.25) is 0 Å². The number of carbonyl (C=O) groups excluding carboxylic acids is 1. The van der Waals surface area contributed by atoms with Gasteiger partial charge in [0.05, 0.1) is 6.04 Å². The Labute approximate surface area is 135 Å². The quantitative estimate of drug-likeness (QED) is 0.797. The van der Waals surface area contributed by atoms with Crippen molar-refractivity contribution in [2.75, 3.05) is 0 Å². The van der Waals surface area contributed by atoms with Gasteiger partial charge in [0.15, 0.2) is 5.69 Å². The molecule has 3 aromatic rings. The van der Waals surface area contributed by atoms with Gasteiger partial charge >= 0.3 is 0 Å². The summed E-state index contributed by atoms with van der Waals surface area (Å²) >= 11 is 0. The Morgan fingerprint density at radius 1 is 1.00 bits per heavy atom. The average molecular weight is 306 g/mol. The van der Waals surface area contributed by atoms with Crippen LogP contribution < -0.4 is 5.32 Å². The summed E-state index contributed by atoms with van der Waals surface area (Å²) in [6.45, 7) is 3.80. The molecule has 1 unspecified atom stereocenters. The van der Waals surface area contributed by atoms with Crippen LogP contribution >= 0.6 is 0 Å². The summed E-state index contributed by atoms with van der Waals surface area (Å²) in [5.74, 6) is 0.359. The van der Waals surface area contributed by atoms with Crippen molar-refractivity contribution in [2.45, 2.75) is 19.9 Å². The predicted octanol–water partition coefficient (Wildman–Crippen LogP) is 3.81. The second kappa shape index (κ2) is 6.48. The van der Waals surface area contributed by atoms with E-state index in [2.05, 4.69) is 10.5 Å². The molecule has 0 saturated carbocycles. The normalized spacial score (nSPS) is 11.9. The Morgan fingerprint density at radius 3 is 2.26 bits per heavy atom. The number of nitrogens with zero attached hydrogens (tertiary/aromatic N) is 1. The second-order valence-electron chi connectivity index (χ2n) is 5.55. The summed E-state index contributed by atoms with van der Waals surface area (Å²) < 4.78 is 4.98. The molecule has 0 bridgehead atoms. The lowest BCUT2D eigenvalue weighted by Crippen LogP contribution is -2.29. The molecule has 4 nitrogen and oxygen atoms in total. The minimum atomic E-state index is -0.253. The predicted molar refractivity (Wildman–Crippen MR) is 88.2 cm³/mol. The molecule has 1 N–H and O–H groups in total. The first kappa shape index (κ1) is 15.0. The number of carbonyl (C=O) groups is 1. The van der Waals surface area contributed by atoms with Gasteiger partial charge in [-0.1, -0.05) is 65.3 Å². The van der Waals surface area contributed by atoms with Gasteiger partial charge in [-0.3, -0.25) is 4.79 Å². The highest BCUT2D eigenvalue weighted by molar-refractivity contribution is 5.92. The molecule has 1 heterocycles. The third kappa shape index (κ3) is 3.48. The fourth-order valence-corrected chi connectivity index (χ4v) is 2.44. The first-order valence-corrected chi connectivity index (χ1v) is 7.49. The number of hydrogen-bond acceptors (Lipinski definition) is 3. The molecule has 0 aliphatic rings. The van der Waals surface area contributed by atoms with Crippen molar-refractivity contribution in [3.05, 3.63) is 88.8 Å². The lowest BCUT2D eigenvalue weighted by molar-refractivity contribution is 0.0934. The van der Waals surface area contributed by atoms with Crippen LogP contribution in [0.1, 0.15) is 39.0 Å². The highest BCUT2D eigenvalue weighted by Crippen LogP contribution is 2.23. The molecule has 1 atom stereocenters.